The van der Waals surface area contributed by atoms with Gasteiger partial charge in [-0.15, -0.1) is 0 Å². The van der Waals surface area contributed by atoms with Gasteiger partial charge in [-0.1, -0.05) is 24.3 Å². The molecule has 0 saturated carbocycles. The van der Waals surface area contributed by atoms with Gasteiger partial charge in [0.1, 0.15) is 0 Å². The standard InChI is InChI=1S/C13H18O/c1-9-5-6-13(8-10(9)2)11(3)7-12(4)14/h5-8,12,14H,1-4H3/b11-7-. The summed E-state index contributed by atoms with van der Waals surface area (Å²) < 4.78 is 0. The van der Waals surface area contributed by atoms with Crippen LogP contribution in [0.2, 0.25) is 0 Å². The summed E-state index contributed by atoms with van der Waals surface area (Å²) in [5, 5.41) is 9.23. The Kier molecular flexibility index (Phi) is 3.48. The molecule has 0 spiro atoms. The van der Waals surface area contributed by atoms with Gasteiger partial charge in [-0.05, 0) is 50.0 Å². The first-order chi connectivity index (χ1) is 6.50. The maximum absolute atomic E-state index is 9.23. The number of hydrogen-bond donors (Lipinski definition) is 1. The fraction of sp³-hybridized carbons (Fsp3) is 0.385. The highest BCUT2D eigenvalue weighted by Gasteiger charge is 1.99. The molecule has 1 nitrogen and oxygen atoms in total. The maximum Gasteiger partial charge on any atom is 0.0698 e. The van der Waals surface area contributed by atoms with Crippen LogP contribution in [0.25, 0.3) is 5.57 Å². The van der Waals surface area contributed by atoms with Gasteiger partial charge in [-0.3, -0.25) is 0 Å². The number of aliphatic hydroxyl groups excluding tert-OH is 1. The van der Waals surface area contributed by atoms with Gasteiger partial charge >= 0.3 is 0 Å². The fourth-order valence-electron chi connectivity index (χ4n) is 1.44. The molecule has 1 unspecified atom stereocenters. The molecule has 1 N–H and O–H groups in total. The van der Waals surface area contributed by atoms with Crippen LogP contribution in [0.1, 0.15) is 30.5 Å². The molecule has 1 rings (SSSR count). The minimum atomic E-state index is -0.378. The first-order valence-corrected chi connectivity index (χ1v) is 4.95. The second kappa shape index (κ2) is 4.43. The van der Waals surface area contributed by atoms with E-state index in [1.807, 2.05) is 13.0 Å². The van der Waals surface area contributed by atoms with Crippen LogP contribution in [-0.2, 0) is 0 Å². The second-order valence-electron chi connectivity index (χ2n) is 3.89. The number of aryl methyl sites for hydroxylation is 2. The molecule has 0 aliphatic carbocycles. The summed E-state index contributed by atoms with van der Waals surface area (Å²) in [6, 6.07) is 6.37. The van der Waals surface area contributed by atoms with Crippen LogP contribution in [0.5, 0.6) is 0 Å². The first kappa shape index (κ1) is 11.0. The van der Waals surface area contributed by atoms with Crippen molar-refractivity contribution < 1.29 is 5.11 Å². The van der Waals surface area contributed by atoms with Gasteiger partial charge in [0.2, 0.25) is 0 Å². The van der Waals surface area contributed by atoms with Gasteiger partial charge in [0.15, 0.2) is 0 Å². The first-order valence-electron chi connectivity index (χ1n) is 4.95. The summed E-state index contributed by atoms with van der Waals surface area (Å²) in [7, 11) is 0. The van der Waals surface area contributed by atoms with Crippen LogP contribution in [0, 0.1) is 13.8 Å². The van der Waals surface area contributed by atoms with E-state index < -0.39 is 0 Å². The Hall–Kier alpha value is -1.08. The minimum Gasteiger partial charge on any atom is -0.389 e. The van der Waals surface area contributed by atoms with Crippen molar-refractivity contribution in [2.75, 3.05) is 0 Å². The van der Waals surface area contributed by atoms with E-state index >= 15 is 0 Å². The summed E-state index contributed by atoms with van der Waals surface area (Å²) in [5.41, 5.74) is 4.91. The van der Waals surface area contributed by atoms with Crippen molar-refractivity contribution in [2.45, 2.75) is 33.8 Å². The lowest BCUT2D eigenvalue weighted by Gasteiger charge is -2.06. The Labute approximate surface area is 86.1 Å². The largest absolute Gasteiger partial charge is 0.389 e. The van der Waals surface area contributed by atoms with Gasteiger partial charge in [-0.25, -0.2) is 0 Å². The van der Waals surface area contributed by atoms with Gasteiger partial charge in [0.25, 0.3) is 0 Å². The highest BCUT2D eigenvalue weighted by atomic mass is 16.3. The van der Waals surface area contributed by atoms with E-state index in [9.17, 15) is 5.11 Å². The highest BCUT2D eigenvalue weighted by Crippen LogP contribution is 2.18. The zero-order valence-corrected chi connectivity index (χ0v) is 9.33. The van der Waals surface area contributed by atoms with Gasteiger partial charge in [0, 0.05) is 0 Å². The topological polar surface area (TPSA) is 20.2 Å². The molecule has 0 saturated heterocycles. The monoisotopic (exact) mass is 190 g/mol. The third-order valence-corrected chi connectivity index (χ3v) is 2.45. The molecule has 1 heteroatoms. The normalized spacial score (nSPS) is 14.2. The van der Waals surface area contributed by atoms with Crippen molar-refractivity contribution in [3.8, 4) is 0 Å². The van der Waals surface area contributed by atoms with E-state index in [-0.39, 0.29) is 6.10 Å². The number of rotatable bonds is 2. The Bertz CT molecular complexity index is 348. The summed E-state index contributed by atoms with van der Waals surface area (Å²) in [4.78, 5) is 0. The van der Waals surface area contributed by atoms with Crippen molar-refractivity contribution in [1.29, 1.82) is 0 Å². The van der Waals surface area contributed by atoms with Crippen LogP contribution < -0.4 is 0 Å². The van der Waals surface area contributed by atoms with Crippen molar-refractivity contribution in [2.24, 2.45) is 0 Å². The van der Waals surface area contributed by atoms with Crippen LogP contribution in [0.3, 0.4) is 0 Å². The molecule has 0 radical (unpaired) electrons. The third kappa shape index (κ3) is 2.71. The second-order valence-corrected chi connectivity index (χ2v) is 3.89. The van der Waals surface area contributed by atoms with Crippen LogP contribution in [0.4, 0.5) is 0 Å². The summed E-state index contributed by atoms with van der Waals surface area (Å²) in [6.45, 7) is 8.00. The Balaban J connectivity index is 3.03. The van der Waals surface area contributed by atoms with Crippen molar-refractivity contribution >= 4 is 5.57 Å². The average Bonchev–Trinajstić information content (AvgIpc) is 2.08. The molecule has 76 valence electrons. The summed E-state index contributed by atoms with van der Waals surface area (Å²) in [6.07, 6.45) is 1.49. The van der Waals surface area contributed by atoms with E-state index in [4.69, 9.17) is 0 Å². The van der Waals surface area contributed by atoms with Crippen molar-refractivity contribution in [3.05, 3.63) is 41.0 Å². The zero-order chi connectivity index (χ0) is 10.7. The summed E-state index contributed by atoms with van der Waals surface area (Å²) >= 11 is 0. The molecule has 0 aliphatic rings. The zero-order valence-electron chi connectivity index (χ0n) is 9.33. The molecule has 1 aromatic rings. The van der Waals surface area contributed by atoms with E-state index in [1.54, 1.807) is 6.92 Å². The fourth-order valence-corrected chi connectivity index (χ4v) is 1.44. The molecule has 14 heavy (non-hydrogen) atoms. The lowest BCUT2D eigenvalue weighted by molar-refractivity contribution is 0.244. The van der Waals surface area contributed by atoms with E-state index in [1.165, 1.54) is 16.7 Å². The van der Waals surface area contributed by atoms with E-state index in [2.05, 4.69) is 32.0 Å². The van der Waals surface area contributed by atoms with Crippen LogP contribution in [-0.4, -0.2) is 11.2 Å². The molecule has 0 aliphatic heterocycles. The third-order valence-electron chi connectivity index (χ3n) is 2.45. The molecule has 0 amide bonds. The molecule has 0 aromatic heterocycles. The van der Waals surface area contributed by atoms with Gasteiger partial charge < -0.3 is 5.11 Å². The number of hydrogen-bond acceptors (Lipinski definition) is 1. The number of benzene rings is 1. The lowest BCUT2D eigenvalue weighted by Crippen LogP contribution is -1.95. The minimum absolute atomic E-state index is 0.378. The Morgan fingerprint density at radius 3 is 2.43 bits per heavy atom. The van der Waals surface area contributed by atoms with Gasteiger partial charge in [0.05, 0.1) is 6.10 Å². The van der Waals surface area contributed by atoms with Crippen LogP contribution >= 0.6 is 0 Å². The van der Waals surface area contributed by atoms with E-state index in [0.717, 1.165) is 5.57 Å². The predicted octanol–water partition coefficient (Wildman–Crippen LogP) is 3.09. The van der Waals surface area contributed by atoms with Gasteiger partial charge in [-0.2, -0.15) is 0 Å². The number of aliphatic hydroxyl groups is 1. The molecule has 0 bridgehead atoms. The van der Waals surface area contributed by atoms with Crippen molar-refractivity contribution in [3.63, 3.8) is 0 Å². The molecule has 0 fully saturated rings. The van der Waals surface area contributed by atoms with E-state index in [0.29, 0.717) is 0 Å². The molecule has 1 aromatic carbocycles. The lowest BCUT2D eigenvalue weighted by atomic mass is 10.0. The van der Waals surface area contributed by atoms with Crippen LogP contribution in [0.15, 0.2) is 24.3 Å². The Morgan fingerprint density at radius 1 is 1.29 bits per heavy atom. The molecular formula is C13H18O. The highest BCUT2D eigenvalue weighted by molar-refractivity contribution is 5.65. The molecule has 1 atom stereocenters. The SMILES string of the molecule is C/C(=C/C(C)O)c1ccc(C)c(C)c1. The predicted molar refractivity (Wildman–Crippen MR) is 61.2 cm³/mol. The summed E-state index contributed by atoms with van der Waals surface area (Å²) in [5.74, 6) is 0. The maximum atomic E-state index is 9.23. The number of allylic oxidation sites excluding steroid dienone is 1. The quantitative estimate of drug-likeness (QED) is 0.759. The molecule has 0 heterocycles. The Morgan fingerprint density at radius 2 is 1.93 bits per heavy atom. The average molecular weight is 190 g/mol. The molecular weight excluding hydrogens is 172 g/mol. The van der Waals surface area contributed by atoms with Crippen molar-refractivity contribution in [1.82, 2.24) is 0 Å². The smallest absolute Gasteiger partial charge is 0.0698 e.